The lowest BCUT2D eigenvalue weighted by Gasteiger charge is -2.18. The van der Waals surface area contributed by atoms with Crippen molar-refractivity contribution in [2.75, 3.05) is 13.2 Å². The van der Waals surface area contributed by atoms with Crippen molar-refractivity contribution in [2.45, 2.75) is 322 Å². The molecule has 0 heterocycles. The summed E-state index contributed by atoms with van der Waals surface area (Å²) in [6.07, 6.45) is 91.3. The number of carbonyl (C=O) groups is 3. The van der Waals surface area contributed by atoms with Gasteiger partial charge in [0.15, 0.2) is 6.10 Å². The third-order valence-corrected chi connectivity index (χ3v) is 14.3. The Labute approximate surface area is 489 Å². The zero-order valence-electron chi connectivity index (χ0n) is 51.9. The number of ether oxygens (including phenoxy) is 3. The monoisotopic (exact) mass is 1100 g/mol. The van der Waals surface area contributed by atoms with Gasteiger partial charge in [-0.15, -0.1) is 0 Å². The van der Waals surface area contributed by atoms with E-state index in [9.17, 15) is 14.4 Å². The molecule has 6 heteroatoms. The van der Waals surface area contributed by atoms with Gasteiger partial charge in [0.05, 0.1) is 0 Å². The maximum absolute atomic E-state index is 12.9. The smallest absolute Gasteiger partial charge is 0.306 e. The number of carbonyl (C=O) groups excluding carboxylic acids is 3. The molecule has 0 rings (SSSR count). The van der Waals surface area contributed by atoms with E-state index in [1.54, 1.807) is 0 Å². The zero-order chi connectivity index (χ0) is 57.1. The highest BCUT2D eigenvalue weighted by Gasteiger charge is 2.19. The van der Waals surface area contributed by atoms with Crippen LogP contribution in [0.1, 0.15) is 316 Å². The van der Waals surface area contributed by atoms with Gasteiger partial charge in [0.25, 0.3) is 0 Å². The van der Waals surface area contributed by atoms with Gasteiger partial charge in [-0.05, 0) is 83.5 Å². The van der Waals surface area contributed by atoms with Gasteiger partial charge in [-0.3, -0.25) is 14.4 Å². The molecule has 0 aromatic rings. The van der Waals surface area contributed by atoms with Crippen molar-refractivity contribution in [3.8, 4) is 0 Å². The second-order valence-electron chi connectivity index (χ2n) is 22.0. The Kier molecular flexibility index (Phi) is 63.3. The topological polar surface area (TPSA) is 78.9 Å². The van der Waals surface area contributed by atoms with Crippen molar-refractivity contribution in [1.82, 2.24) is 0 Å². The molecule has 0 aromatic heterocycles. The van der Waals surface area contributed by atoms with Crippen LogP contribution in [0.2, 0.25) is 0 Å². The Morgan fingerprint density at radius 1 is 0.266 bits per heavy atom. The minimum absolute atomic E-state index is 0.0934. The van der Waals surface area contributed by atoms with E-state index in [-0.39, 0.29) is 37.5 Å². The molecule has 452 valence electrons. The molecule has 0 aliphatic carbocycles. The standard InChI is InChI=1S/C73H124O6/c1-4-7-10-13-16-19-21-23-25-27-29-31-33-35-36-37-38-39-41-42-44-46-48-50-52-54-57-60-63-66-72(75)78-69-70(68-77-71(74)65-62-59-56-18-15-12-9-6-3)79-73(76)67-64-61-58-55-53-51-49-47-45-43-40-34-32-30-28-26-24-22-20-17-14-11-8-5-2/h7,10,16,19,23,25,29,31,35-36,38-39,42,44,48,50,54,57,70H,4-6,8-9,11-15,17-18,20-22,24,26-28,30,32-34,37,40-41,43,45-47,49,51-53,55-56,58-69H2,1-3H3/b10-7-,19-16-,25-23-,31-29-,36-35-,39-38-,44-42-,50-48-,57-54-. The fourth-order valence-corrected chi connectivity index (χ4v) is 9.33. The second-order valence-corrected chi connectivity index (χ2v) is 22.0. The second kappa shape index (κ2) is 66.6. The number of unbranched alkanes of at least 4 members (excludes halogenated alkanes) is 31. The van der Waals surface area contributed by atoms with Crippen molar-refractivity contribution in [2.24, 2.45) is 0 Å². The summed E-state index contributed by atoms with van der Waals surface area (Å²) < 4.78 is 16.8. The molecule has 0 aromatic carbocycles. The van der Waals surface area contributed by atoms with E-state index >= 15 is 0 Å². The molecule has 0 amide bonds. The first-order valence-corrected chi connectivity index (χ1v) is 33.4. The summed E-state index contributed by atoms with van der Waals surface area (Å²) in [7, 11) is 0. The molecule has 1 unspecified atom stereocenters. The third kappa shape index (κ3) is 64.8. The molecular weight excluding hydrogens is 973 g/mol. The van der Waals surface area contributed by atoms with Crippen LogP contribution in [0, 0.1) is 0 Å². The molecule has 0 aliphatic rings. The number of allylic oxidation sites excluding steroid dienone is 18. The van der Waals surface area contributed by atoms with Crippen molar-refractivity contribution in [1.29, 1.82) is 0 Å². The van der Waals surface area contributed by atoms with E-state index in [0.717, 1.165) is 103 Å². The minimum Gasteiger partial charge on any atom is -0.462 e. The lowest BCUT2D eigenvalue weighted by molar-refractivity contribution is -0.167. The van der Waals surface area contributed by atoms with Crippen LogP contribution in [-0.4, -0.2) is 37.2 Å². The molecule has 6 nitrogen and oxygen atoms in total. The highest BCUT2D eigenvalue weighted by molar-refractivity contribution is 5.71. The zero-order valence-corrected chi connectivity index (χ0v) is 51.9. The predicted molar refractivity (Wildman–Crippen MR) is 343 cm³/mol. The summed E-state index contributed by atoms with van der Waals surface area (Å²) in [5.74, 6) is -0.950. The number of hydrogen-bond acceptors (Lipinski definition) is 6. The van der Waals surface area contributed by atoms with E-state index < -0.39 is 6.10 Å². The van der Waals surface area contributed by atoms with Gasteiger partial charge in [0.1, 0.15) is 13.2 Å². The Balaban J connectivity index is 4.26. The Bertz CT molecular complexity index is 1590. The van der Waals surface area contributed by atoms with Crippen LogP contribution in [0.5, 0.6) is 0 Å². The summed E-state index contributed by atoms with van der Waals surface area (Å²) in [5, 5.41) is 0. The summed E-state index contributed by atoms with van der Waals surface area (Å²) in [5.41, 5.74) is 0. The van der Waals surface area contributed by atoms with Crippen LogP contribution in [0.4, 0.5) is 0 Å². The average molecular weight is 1100 g/mol. The largest absolute Gasteiger partial charge is 0.462 e. The van der Waals surface area contributed by atoms with Crippen LogP contribution in [0.15, 0.2) is 109 Å². The maximum Gasteiger partial charge on any atom is 0.306 e. The average Bonchev–Trinajstić information content (AvgIpc) is 3.45. The Hall–Kier alpha value is -3.93. The van der Waals surface area contributed by atoms with E-state index in [4.69, 9.17) is 14.2 Å². The van der Waals surface area contributed by atoms with Gasteiger partial charge in [0, 0.05) is 19.3 Å². The molecule has 0 spiro atoms. The van der Waals surface area contributed by atoms with Crippen molar-refractivity contribution >= 4 is 17.9 Å². The molecule has 79 heavy (non-hydrogen) atoms. The highest BCUT2D eigenvalue weighted by atomic mass is 16.6. The van der Waals surface area contributed by atoms with E-state index in [0.29, 0.717) is 19.3 Å². The summed E-state index contributed by atoms with van der Waals surface area (Å²) >= 11 is 0. The maximum atomic E-state index is 12.9. The fraction of sp³-hybridized carbons (Fsp3) is 0.712. The van der Waals surface area contributed by atoms with E-state index in [1.807, 2.05) is 0 Å². The summed E-state index contributed by atoms with van der Waals surface area (Å²) in [6, 6.07) is 0. The number of hydrogen-bond donors (Lipinski definition) is 0. The molecule has 0 aliphatic heterocycles. The molecule has 0 saturated carbocycles. The SMILES string of the molecule is CC/C=C\C/C=C\C/C=C\C/C=C\C/C=C\C/C=C\C/C=C\C/C=C\C/C=C\CCCC(=O)OCC(COC(=O)CCCCCCCCCC)OC(=O)CCCCCCCCCCCCCCCCCCCCCCCCCC. The quantitative estimate of drug-likeness (QED) is 0.0261. The summed E-state index contributed by atoms with van der Waals surface area (Å²) in [6.45, 7) is 6.48. The van der Waals surface area contributed by atoms with Gasteiger partial charge in [-0.2, -0.15) is 0 Å². The van der Waals surface area contributed by atoms with Crippen molar-refractivity contribution in [3.05, 3.63) is 109 Å². The first kappa shape index (κ1) is 75.1. The Morgan fingerprint density at radius 3 is 0.772 bits per heavy atom. The minimum atomic E-state index is -0.800. The van der Waals surface area contributed by atoms with Crippen LogP contribution < -0.4 is 0 Å². The van der Waals surface area contributed by atoms with E-state index in [1.165, 1.54) is 167 Å². The highest BCUT2D eigenvalue weighted by Crippen LogP contribution is 2.17. The third-order valence-electron chi connectivity index (χ3n) is 14.3. The first-order valence-electron chi connectivity index (χ1n) is 33.4. The molecule has 0 bridgehead atoms. The lowest BCUT2D eigenvalue weighted by atomic mass is 10.0. The first-order chi connectivity index (χ1) is 39.0. The van der Waals surface area contributed by atoms with Gasteiger partial charge < -0.3 is 14.2 Å². The summed E-state index contributed by atoms with van der Waals surface area (Å²) in [4.78, 5) is 38.2. The molecular formula is C73H124O6. The fourth-order valence-electron chi connectivity index (χ4n) is 9.33. The molecule has 0 N–H and O–H groups in total. The molecule has 0 radical (unpaired) electrons. The molecule has 0 saturated heterocycles. The van der Waals surface area contributed by atoms with Gasteiger partial charge in [-0.1, -0.05) is 323 Å². The van der Waals surface area contributed by atoms with Gasteiger partial charge in [-0.25, -0.2) is 0 Å². The van der Waals surface area contributed by atoms with Gasteiger partial charge >= 0.3 is 17.9 Å². The van der Waals surface area contributed by atoms with Crippen LogP contribution >= 0.6 is 0 Å². The van der Waals surface area contributed by atoms with E-state index in [2.05, 4.69) is 130 Å². The van der Waals surface area contributed by atoms with Crippen molar-refractivity contribution < 1.29 is 28.6 Å². The lowest BCUT2D eigenvalue weighted by Crippen LogP contribution is -2.30. The molecule has 1 atom stereocenters. The van der Waals surface area contributed by atoms with Crippen LogP contribution in [-0.2, 0) is 28.6 Å². The number of rotatable bonds is 60. The Morgan fingerprint density at radius 2 is 0.494 bits per heavy atom. The van der Waals surface area contributed by atoms with Crippen LogP contribution in [0.3, 0.4) is 0 Å². The van der Waals surface area contributed by atoms with Crippen LogP contribution in [0.25, 0.3) is 0 Å². The number of esters is 3. The normalized spacial score (nSPS) is 12.8. The van der Waals surface area contributed by atoms with Gasteiger partial charge in [0.2, 0.25) is 0 Å². The molecule has 0 fully saturated rings. The predicted octanol–water partition coefficient (Wildman–Crippen LogP) is 23.0. The van der Waals surface area contributed by atoms with Crippen molar-refractivity contribution in [3.63, 3.8) is 0 Å².